The van der Waals surface area contributed by atoms with Gasteiger partial charge in [0.1, 0.15) is 5.75 Å². The molecular formula is C14H17NO4S. The number of ether oxygens (including phenoxy) is 1. The van der Waals surface area contributed by atoms with E-state index in [2.05, 4.69) is 5.32 Å². The zero-order chi connectivity index (χ0) is 14.6. The van der Waals surface area contributed by atoms with Crippen molar-refractivity contribution in [2.75, 3.05) is 18.6 Å². The molecule has 1 aromatic carbocycles. The van der Waals surface area contributed by atoms with Crippen LogP contribution in [-0.4, -0.2) is 39.0 Å². The van der Waals surface area contributed by atoms with Crippen molar-refractivity contribution in [2.24, 2.45) is 0 Å². The summed E-state index contributed by atoms with van der Waals surface area (Å²) in [4.78, 5) is 11.7. The Morgan fingerprint density at radius 3 is 2.60 bits per heavy atom. The van der Waals surface area contributed by atoms with Gasteiger partial charge in [-0.15, -0.1) is 0 Å². The van der Waals surface area contributed by atoms with Crippen molar-refractivity contribution in [2.45, 2.75) is 12.5 Å². The predicted molar refractivity (Wildman–Crippen MR) is 77.2 cm³/mol. The lowest BCUT2D eigenvalue weighted by atomic mass is 10.2. The maximum absolute atomic E-state index is 11.7. The molecule has 6 heteroatoms. The van der Waals surface area contributed by atoms with E-state index in [1.54, 1.807) is 25.3 Å². The average Bonchev–Trinajstić information content (AvgIpc) is 2.76. The van der Waals surface area contributed by atoms with Gasteiger partial charge in [-0.25, -0.2) is 8.42 Å². The highest BCUT2D eigenvalue weighted by molar-refractivity contribution is 7.91. The molecular weight excluding hydrogens is 278 g/mol. The van der Waals surface area contributed by atoms with E-state index in [1.165, 1.54) is 6.08 Å². The standard InChI is InChI=1S/C14H17NO4S/c1-19-13-5-2-11(3-6-13)4-7-14(16)15-12-8-9-20(17,18)10-12/h2-7,12H,8-10H2,1H3,(H,15,16)/b7-4+/t12-/m0/s1. The van der Waals surface area contributed by atoms with Crippen LogP contribution in [0.25, 0.3) is 6.08 Å². The summed E-state index contributed by atoms with van der Waals surface area (Å²) in [6, 6.07) is 7.01. The lowest BCUT2D eigenvalue weighted by Crippen LogP contribution is -2.34. The Bertz CT molecular complexity index is 605. The van der Waals surface area contributed by atoms with Crippen LogP contribution in [0.3, 0.4) is 0 Å². The fraction of sp³-hybridized carbons (Fsp3) is 0.357. The van der Waals surface area contributed by atoms with Crippen LogP contribution in [0.1, 0.15) is 12.0 Å². The van der Waals surface area contributed by atoms with Crippen molar-refractivity contribution in [3.63, 3.8) is 0 Å². The summed E-state index contributed by atoms with van der Waals surface area (Å²) < 4.78 is 27.6. The first kappa shape index (κ1) is 14.6. The van der Waals surface area contributed by atoms with Crippen LogP contribution in [0.15, 0.2) is 30.3 Å². The normalized spacial score (nSPS) is 20.9. The molecule has 1 fully saturated rings. The van der Waals surface area contributed by atoms with E-state index in [-0.39, 0.29) is 23.5 Å². The predicted octanol–water partition coefficient (Wildman–Crippen LogP) is 1.01. The van der Waals surface area contributed by atoms with Crippen LogP contribution in [0, 0.1) is 0 Å². The minimum absolute atomic E-state index is 0.0368. The molecule has 0 aliphatic carbocycles. The summed E-state index contributed by atoms with van der Waals surface area (Å²) in [5.41, 5.74) is 0.875. The molecule has 1 atom stereocenters. The monoisotopic (exact) mass is 295 g/mol. The lowest BCUT2D eigenvalue weighted by molar-refractivity contribution is -0.116. The van der Waals surface area contributed by atoms with Gasteiger partial charge in [0.2, 0.25) is 5.91 Å². The van der Waals surface area contributed by atoms with Gasteiger partial charge in [-0.05, 0) is 30.2 Å². The van der Waals surface area contributed by atoms with E-state index in [0.717, 1.165) is 11.3 Å². The van der Waals surface area contributed by atoms with Gasteiger partial charge in [0.05, 0.1) is 18.6 Å². The number of carbonyl (C=O) groups excluding carboxylic acids is 1. The molecule has 0 saturated carbocycles. The molecule has 5 nitrogen and oxygen atoms in total. The molecule has 1 amide bonds. The Labute approximate surface area is 118 Å². The Morgan fingerprint density at radius 2 is 2.05 bits per heavy atom. The first-order valence-corrected chi connectivity index (χ1v) is 8.14. The van der Waals surface area contributed by atoms with E-state index in [4.69, 9.17) is 4.74 Å². The highest BCUT2D eigenvalue weighted by atomic mass is 32.2. The molecule has 1 aliphatic rings. The molecule has 20 heavy (non-hydrogen) atoms. The molecule has 1 saturated heterocycles. The third-order valence-electron chi connectivity index (χ3n) is 3.12. The van der Waals surface area contributed by atoms with E-state index in [1.807, 2.05) is 12.1 Å². The molecule has 2 rings (SSSR count). The van der Waals surface area contributed by atoms with E-state index < -0.39 is 9.84 Å². The van der Waals surface area contributed by atoms with Gasteiger partial charge >= 0.3 is 0 Å². The van der Waals surface area contributed by atoms with Crippen molar-refractivity contribution in [1.82, 2.24) is 5.32 Å². The van der Waals surface area contributed by atoms with Crippen LogP contribution in [0.5, 0.6) is 5.75 Å². The number of hydrogen-bond donors (Lipinski definition) is 1. The summed E-state index contributed by atoms with van der Waals surface area (Å²) >= 11 is 0. The van der Waals surface area contributed by atoms with Crippen molar-refractivity contribution >= 4 is 21.8 Å². The number of carbonyl (C=O) groups is 1. The maximum atomic E-state index is 11.7. The number of methoxy groups -OCH3 is 1. The van der Waals surface area contributed by atoms with Crippen molar-refractivity contribution in [1.29, 1.82) is 0 Å². The van der Waals surface area contributed by atoms with Gasteiger partial charge in [-0.2, -0.15) is 0 Å². The van der Waals surface area contributed by atoms with Crippen LogP contribution >= 0.6 is 0 Å². The molecule has 0 aromatic heterocycles. The Balaban J connectivity index is 1.89. The van der Waals surface area contributed by atoms with Gasteiger partial charge in [-0.3, -0.25) is 4.79 Å². The third kappa shape index (κ3) is 4.09. The van der Waals surface area contributed by atoms with Crippen LogP contribution in [0.2, 0.25) is 0 Å². The largest absolute Gasteiger partial charge is 0.497 e. The van der Waals surface area contributed by atoms with Crippen molar-refractivity contribution < 1.29 is 17.9 Å². The number of amides is 1. The number of rotatable bonds is 4. The first-order chi connectivity index (χ1) is 9.48. The Morgan fingerprint density at radius 1 is 1.35 bits per heavy atom. The quantitative estimate of drug-likeness (QED) is 0.842. The minimum Gasteiger partial charge on any atom is -0.497 e. The molecule has 108 valence electrons. The maximum Gasteiger partial charge on any atom is 0.244 e. The average molecular weight is 295 g/mol. The molecule has 1 heterocycles. The van der Waals surface area contributed by atoms with E-state index in [0.29, 0.717) is 6.42 Å². The molecule has 0 unspecified atom stereocenters. The fourth-order valence-corrected chi connectivity index (χ4v) is 3.72. The zero-order valence-corrected chi connectivity index (χ0v) is 12.0. The first-order valence-electron chi connectivity index (χ1n) is 6.31. The number of benzene rings is 1. The smallest absolute Gasteiger partial charge is 0.244 e. The zero-order valence-electron chi connectivity index (χ0n) is 11.2. The SMILES string of the molecule is COc1ccc(/C=C/C(=O)N[C@H]2CCS(=O)(=O)C2)cc1. The molecule has 0 spiro atoms. The summed E-state index contributed by atoms with van der Waals surface area (Å²) in [7, 11) is -1.38. The number of sulfone groups is 1. The Hall–Kier alpha value is -1.82. The highest BCUT2D eigenvalue weighted by Crippen LogP contribution is 2.13. The van der Waals surface area contributed by atoms with Gasteiger partial charge in [-0.1, -0.05) is 12.1 Å². The van der Waals surface area contributed by atoms with Gasteiger partial charge in [0.15, 0.2) is 9.84 Å². The van der Waals surface area contributed by atoms with Crippen LogP contribution in [-0.2, 0) is 14.6 Å². The van der Waals surface area contributed by atoms with Gasteiger partial charge in [0.25, 0.3) is 0 Å². The number of hydrogen-bond acceptors (Lipinski definition) is 4. The molecule has 1 aliphatic heterocycles. The second kappa shape index (κ2) is 6.09. The molecule has 0 bridgehead atoms. The molecule has 1 N–H and O–H groups in total. The van der Waals surface area contributed by atoms with E-state index >= 15 is 0 Å². The lowest BCUT2D eigenvalue weighted by Gasteiger charge is -2.07. The second-order valence-electron chi connectivity index (χ2n) is 4.72. The Kier molecular flexibility index (Phi) is 4.44. The van der Waals surface area contributed by atoms with Crippen molar-refractivity contribution in [3.05, 3.63) is 35.9 Å². The molecule has 1 aromatic rings. The summed E-state index contributed by atoms with van der Waals surface area (Å²) in [5, 5.41) is 2.70. The summed E-state index contributed by atoms with van der Waals surface area (Å²) in [6.45, 7) is 0. The van der Waals surface area contributed by atoms with E-state index in [9.17, 15) is 13.2 Å². The summed E-state index contributed by atoms with van der Waals surface area (Å²) in [5.74, 6) is 0.667. The topological polar surface area (TPSA) is 72.5 Å². The summed E-state index contributed by atoms with van der Waals surface area (Å²) in [6.07, 6.45) is 3.58. The molecule has 0 radical (unpaired) electrons. The van der Waals surface area contributed by atoms with Crippen LogP contribution in [0.4, 0.5) is 0 Å². The van der Waals surface area contributed by atoms with Gasteiger partial charge in [0, 0.05) is 12.1 Å². The minimum atomic E-state index is -2.97. The van der Waals surface area contributed by atoms with Crippen molar-refractivity contribution in [3.8, 4) is 5.75 Å². The number of nitrogens with one attached hydrogen (secondary N) is 1. The third-order valence-corrected chi connectivity index (χ3v) is 4.89. The second-order valence-corrected chi connectivity index (χ2v) is 6.94. The fourth-order valence-electron chi connectivity index (χ4n) is 2.05. The van der Waals surface area contributed by atoms with Crippen LogP contribution < -0.4 is 10.1 Å². The highest BCUT2D eigenvalue weighted by Gasteiger charge is 2.28. The van der Waals surface area contributed by atoms with Gasteiger partial charge < -0.3 is 10.1 Å².